The molecule has 1 rings (SSSR count). The van der Waals surface area contributed by atoms with Crippen LogP contribution in [0.4, 0.5) is 0 Å². The van der Waals surface area contributed by atoms with Crippen molar-refractivity contribution in [2.24, 2.45) is 16.6 Å². The molecule has 1 aliphatic rings. The highest BCUT2D eigenvalue weighted by molar-refractivity contribution is 4.94. The van der Waals surface area contributed by atoms with Crippen LogP contribution < -0.4 is 11.1 Å². The molecule has 3 unspecified atom stereocenters. The van der Waals surface area contributed by atoms with E-state index in [4.69, 9.17) is 10.8 Å². The van der Waals surface area contributed by atoms with Crippen LogP contribution in [0.1, 0.15) is 40.0 Å². The van der Waals surface area contributed by atoms with Crippen LogP contribution in [-0.2, 0) is 0 Å². The van der Waals surface area contributed by atoms with Gasteiger partial charge in [-0.25, -0.2) is 0 Å². The Balaban J connectivity index is 2.44. The van der Waals surface area contributed by atoms with Gasteiger partial charge in [-0.3, -0.25) is 0 Å². The first-order chi connectivity index (χ1) is 7.76. The van der Waals surface area contributed by atoms with Gasteiger partial charge in [-0.2, -0.15) is 0 Å². The molecule has 0 saturated heterocycles. The maximum absolute atomic E-state index is 9.29. The quantitative estimate of drug-likeness (QED) is 0.567. The summed E-state index contributed by atoms with van der Waals surface area (Å²) >= 11 is 0. The summed E-state index contributed by atoms with van der Waals surface area (Å²) in [4.78, 5) is 0. The summed E-state index contributed by atoms with van der Waals surface area (Å²) in [6.07, 6.45) is 2.60. The van der Waals surface area contributed by atoms with E-state index in [1.807, 2.05) is 0 Å². The van der Waals surface area contributed by atoms with Crippen LogP contribution in [0.25, 0.3) is 0 Å². The van der Waals surface area contributed by atoms with E-state index in [1.54, 1.807) is 0 Å². The molecule has 0 aromatic carbocycles. The molecule has 3 atom stereocenters. The van der Waals surface area contributed by atoms with Crippen LogP contribution in [0.3, 0.4) is 0 Å². The van der Waals surface area contributed by atoms with Crippen LogP contribution in [0.15, 0.2) is 0 Å². The first-order valence-corrected chi connectivity index (χ1v) is 6.52. The van der Waals surface area contributed by atoms with Crippen molar-refractivity contribution in [2.45, 2.75) is 52.2 Å². The van der Waals surface area contributed by atoms with E-state index in [0.717, 1.165) is 25.8 Å². The molecule has 0 aliphatic heterocycles. The third-order valence-corrected chi connectivity index (χ3v) is 3.62. The number of aliphatic hydroxyl groups excluding tert-OH is 2. The van der Waals surface area contributed by atoms with Crippen molar-refractivity contribution in [3.8, 4) is 0 Å². The van der Waals surface area contributed by atoms with Crippen molar-refractivity contribution in [1.29, 1.82) is 0 Å². The monoisotopic (exact) mass is 244 g/mol. The lowest BCUT2D eigenvalue weighted by Crippen LogP contribution is -2.47. The van der Waals surface area contributed by atoms with Crippen LogP contribution in [0.2, 0.25) is 0 Å². The molecule has 1 saturated carbocycles. The highest BCUT2D eigenvalue weighted by atomic mass is 16.3. The molecule has 4 nitrogen and oxygen atoms in total. The van der Waals surface area contributed by atoms with E-state index < -0.39 is 6.10 Å². The van der Waals surface area contributed by atoms with Gasteiger partial charge in [0.05, 0.1) is 12.7 Å². The second-order valence-electron chi connectivity index (χ2n) is 6.79. The third-order valence-electron chi connectivity index (χ3n) is 3.62. The minimum Gasteiger partial charge on any atom is -0.394 e. The zero-order valence-corrected chi connectivity index (χ0v) is 11.4. The Labute approximate surface area is 105 Å². The summed E-state index contributed by atoms with van der Waals surface area (Å²) in [6.45, 7) is 7.91. The third kappa shape index (κ3) is 4.92. The number of rotatable bonds is 5. The summed E-state index contributed by atoms with van der Waals surface area (Å²) < 4.78 is 0. The van der Waals surface area contributed by atoms with Crippen molar-refractivity contribution in [2.75, 3.05) is 19.7 Å². The van der Waals surface area contributed by atoms with E-state index in [9.17, 15) is 5.11 Å². The number of aliphatic hydroxyl groups is 2. The smallest absolute Gasteiger partial charge is 0.0894 e. The normalized spacial score (nSPS) is 34.6. The zero-order chi connectivity index (χ0) is 13.1. The van der Waals surface area contributed by atoms with E-state index in [0.29, 0.717) is 12.0 Å². The molecular formula is C13H28N2O2. The molecule has 0 aromatic heterocycles. The average molecular weight is 244 g/mol. The molecule has 102 valence electrons. The maximum Gasteiger partial charge on any atom is 0.0894 e. The van der Waals surface area contributed by atoms with E-state index in [-0.39, 0.29) is 18.1 Å². The van der Waals surface area contributed by atoms with Crippen molar-refractivity contribution in [3.05, 3.63) is 0 Å². The van der Waals surface area contributed by atoms with Crippen LogP contribution >= 0.6 is 0 Å². The van der Waals surface area contributed by atoms with E-state index in [2.05, 4.69) is 26.1 Å². The Morgan fingerprint density at radius 1 is 1.35 bits per heavy atom. The molecule has 4 heteroatoms. The van der Waals surface area contributed by atoms with Gasteiger partial charge >= 0.3 is 0 Å². The molecule has 0 heterocycles. The first-order valence-electron chi connectivity index (χ1n) is 6.52. The predicted octanol–water partition coefficient (Wildman–Crippen LogP) is 0.473. The van der Waals surface area contributed by atoms with Gasteiger partial charge < -0.3 is 21.3 Å². The summed E-state index contributed by atoms with van der Waals surface area (Å²) in [5.41, 5.74) is 6.61. The summed E-state index contributed by atoms with van der Waals surface area (Å²) in [7, 11) is 0. The van der Waals surface area contributed by atoms with Gasteiger partial charge in [-0.1, -0.05) is 20.8 Å². The first kappa shape index (κ1) is 14.9. The Morgan fingerprint density at radius 3 is 2.53 bits per heavy atom. The Bertz CT molecular complexity index is 246. The second kappa shape index (κ2) is 5.65. The summed E-state index contributed by atoms with van der Waals surface area (Å²) in [5, 5.41) is 21.3. The lowest BCUT2D eigenvalue weighted by molar-refractivity contribution is 0.0674. The predicted molar refractivity (Wildman–Crippen MR) is 69.7 cm³/mol. The fourth-order valence-corrected chi connectivity index (χ4v) is 3.45. The topological polar surface area (TPSA) is 78.5 Å². The van der Waals surface area contributed by atoms with Crippen LogP contribution in [-0.4, -0.2) is 42.1 Å². The van der Waals surface area contributed by atoms with Gasteiger partial charge in [0.1, 0.15) is 0 Å². The summed E-state index contributed by atoms with van der Waals surface area (Å²) in [5.74, 6) is 0. The molecule has 0 spiro atoms. The standard InChI is InChI=1S/C13H28N2O2/c1-12(2)4-10(14)5-13(3,8-12)9-15-6-11(17)7-16/h10-11,15-17H,4-9,14H2,1-3H3. The van der Waals surface area contributed by atoms with Gasteiger partial charge in [-0.05, 0) is 30.1 Å². The van der Waals surface area contributed by atoms with Crippen molar-refractivity contribution >= 4 is 0 Å². The van der Waals surface area contributed by atoms with Crippen molar-refractivity contribution < 1.29 is 10.2 Å². The minimum absolute atomic E-state index is 0.186. The number of nitrogens with two attached hydrogens (primary N) is 1. The van der Waals surface area contributed by atoms with Gasteiger partial charge in [0.2, 0.25) is 0 Å². The molecule has 0 radical (unpaired) electrons. The molecule has 0 amide bonds. The molecule has 0 aromatic rings. The van der Waals surface area contributed by atoms with E-state index >= 15 is 0 Å². The molecule has 0 bridgehead atoms. The highest BCUT2D eigenvalue weighted by Crippen LogP contribution is 2.45. The zero-order valence-electron chi connectivity index (χ0n) is 11.4. The van der Waals surface area contributed by atoms with Gasteiger partial charge in [0.15, 0.2) is 0 Å². The number of hydrogen-bond acceptors (Lipinski definition) is 4. The molecular weight excluding hydrogens is 216 g/mol. The minimum atomic E-state index is -0.663. The average Bonchev–Trinajstić information content (AvgIpc) is 2.12. The molecule has 5 N–H and O–H groups in total. The van der Waals surface area contributed by atoms with Crippen LogP contribution in [0, 0.1) is 10.8 Å². The summed E-state index contributed by atoms with van der Waals surface area (Å²) in [6, 6.07) is 0.272. The Kier molecular flexibility index (Phi) is 4.95. The van der Waals surface area contributed by atoms with Gasteiger partial charge in [-0.15, -0.1) is 0 Å². The highest BCUT2D eigenvalue weighted by Gasteiger charge is 2.39. The van der Waals surface area contributed by atoms with Crippen LogP contribution in [0.5, 0.6) is 0 Å². The maximum atomic E-state index is 9.29. The van der Waals surface area contributed by atoms with E-state index in [1.165, 1.54) is 0 Å². The largest absolute Gasteiger partial charge is 0.394 e. The number of nitrogens with one attached hydrogen (secondary N) is 1. The van der Waals surface area contributed by atoms with Crippen molar-refractivity contribution in [3.63, 3.8) is 0 Å². The Morgan fingerprint density at radius 2 is 2.00 bits per heavy atom. The second-order valence-corrected chi connectivity index (χ2v) is 6.79. The number of hydrogen-bond donors (Lipinski definition) is 4. The molecule has 1 aliphatic carbocycles. The van der Waals surface area contributed by atoms with Crippen molar-refractivity contribution in [1.82, 2.24) is 5.32 Å². The fourth-order valence-electron chi connectivity index (χ4n) is 3.45. The lowest BCUT2D eigenvalue weighted by Gasteiger charge is -2.46. The lowest BCUT2D eigenvalue weighted by atomic mass is 9.63. The van der Waals surface area contributed by atoms with Gasteiger partial charge in [0.25, 0.3) is 0 Å². The Hall–Kier alpha value is -0.160. The molecule has 17 heavy (non-hydrogen) atoms. The molecule has 1 fully saturated rings. The van der Waals surface area contributed by atoms with Gasteiger partial charge in [0, 0.05) is 19.1 Å². The fraction of sp³-hybridized carbons (Fsp3) is 1.00. The SMILES string of the molecule is CC1(C)CC(N)CC(C)(CNCC(O)CO)C1.